The third-order valence-electron chi connectivity index (χ3n) is 7.75. The molecule has 0 radical (unpaired) electrons. The SMILES string of the molecule is Cc1ccc([C@H]2CC(c3ccc(Br)cc3)=NN2C(=O)CSc2cn(Cc3cc(C)ccc3C)c3ccccc23)cc1. The van der Waals surface area contributed by atoms with Gasteiger partial charge in [0, 0.05) is 39.4 Å². The van der Waals surface area contributed by atoms with Crippen LogP contribution in [0.15, 0.2) is 112 Å². The van der Waals surface area contributed by atoms with E-state index in [9.17, 15) is 4.79 Å². The lowest BCUT2D eigenvalue weighted by molar-refractivity contribution is -0.130. The number of hydrogen-bond donors (Lipinski definition) is 0. The first-order chi connectivity index (χ1) is 19.9. The topological polar surface area (TPSA) is 37.6 Å². The maximum absolute atomic E-state index is 13.8. The number of halogens is 1. The predicted molar refractivity (Wildman–Crippen MR) is 174 cm³/mol. The number of hydrogen-bond acceptors (Lipinski definition) is 3. The van der Waals surface area contributed by atoms with E-state index in [1.165, 1.54) is 33.2 Å². The minimum atomic E-state index is -0.118. The van der Waals surface area contributed by atoms with Gasteiger partial charge in [-0.2, -0.15) is 5.10 Å². The third-order valence-corrected chi connectivity index (χ3v) is 9.31. The fourth-order valence-electron chi connectivity index (χ4n) is 5.42. The largest absolute Gasteiger partial charge is 0.342 e. The van der Waals surface area contributed by atoms with E-state index in [1.807, 2.05) is 12.1 Å². The van der Waals surface area contributed by atoms with Gasteiger partial charge in [0.2, 0.25) is 0 Å². The highest BCUT2D eigenvalue weighted by Gasteiger charge is 2.33. The van der Waals surface area contributed by atoms with Gasteiger partial charge >= 0.3 is 0 Å². The fraction of sp³-hybridized carbons (Fsp3) is 0.200. The summed E-state index contributed by atoms with van der Waals surface area (Å²) in [5.41, 5.74) is 9.33. The molecule has 1 atom stereocenters. The second kappa shape index (κ2) is 11.7. The molecule has 0 fully saturated rings. The Kier molecular flexibility index (Phi) is 7.87. The number of aryl methyl sites for hydroxylation is 3. The van der Waals surface area contributed by atoms with E-state index in [1.54, 1.807) is 16.8 Å². The van der Waals surface area contributed by atoms with Crippen molar-refractivity contribution in [3.05, 3.63) is 135 Å². The Hall–Kier alpha value is -3.61. The van der Waals surface area contributed by atoms with Crippen molar-refractivity contribution >= 4 is 50.2 Å². The summed E-state index contributed by atoms with van der Waals surface area (Å²) in [6.45, 7) is 7.18. The second-order valence-electron chi connectivity index (χ2n) is 10.8. The van der Waals surface area contributed by atoms with E-state index in [4.69, 9.17) is 5.10 Å². The molecule has 0 N–H and O–H groups in total. The normalized spacial score (nSPS) is 15.0. The molecule has 6 heteroatoms. The van der Waals surface area contributed by atoms with Gasteiger partial charge in [0.15, 0.2) is 0 Å². The zero-order valence-corrected chi connectivity index (χ0v) is 25.9. The summed E-state index contributed by atoms with van der Waals surface area (Å²) in [5.74, 6) is 0.329. The highest BCUT2D eigenvalue weighted by atomic mass is 79.9. The standard InChI is InChI=1S/C35H32BrN3OS/c1-23-9-12-27(13-10-23)33-19-31(26-14-16-29(36)17-15-26)37-39(33)35(40)22-41-34-21-38(32-7-5-4-6-30(32)34)20-28-18-24(2)8-11-25(28)3/h4-18,21,33H,19-20,22H2,1-3H3/t33-/m1/s1. The van der Waals surface area contributed by atoms with Crippen molar-refractivity contribution in [2.75, 3.05) is 5.75 Å². The van der Waals surface area contributed by atoms with Gasteiger partial charge in [-0.25, -0.2) is 5.01 Å². The number of amides is 1. The van der Waals surface area contributed by atoms with E-state index in [-0.39, 0.29) is 11.9 Å². The Morgan fingerprint density at radius 2 is 1.66 bits per heavy atom. The molecule has 1 aromatic heterocycles. The first-order valence-electron chi connectivity index (χ1n) is 13.8. The zero-order valence-electron chi connectivity index (χ0n) is 23.5. The van der Waals surface area contributed by atoms with Gasteiger partial charge in [0.1, 0.15) is 0 Å². The van der Waals surface area contributed by atoms with Crippen LogP contribution in [0.2, 0.25) is 0 Å². The van der Waals surface area contributed by atoms with Gasteiger partial charge in [-0.05, 0) is 61.2 Å². The molecule has 0 saturated carbocycles. The molecule has 6 rings (SSSR count). The van der Waals surface area contributed by atoms with Crippen LogP contribution in [0.25, 0.3) is 10.9 Å². The molecule has 1 aliphatic rings. The summed E-state index contributed by atoms with van der Waals surface area (Å²) in [5, 5.41) is 7.77. The van der Waals surface area contributed by atoms with Gasteiger partial charge in [0.25, 0.3) is 5.91 Å². The number of carbonyl (C=O) groups excluding carboxylic acids is 1. The maximum atomic E-state index is 13.8. The van der Waals surface area contributed by atoms with Crippen LogP contribution in [0, 0.1) is 20.8 Å². The Labute approximate surface area is 254 Å². The predicted octanol–water partition coefficient (Wildman–Crippen LogP) is 8.85. The third kappa shape index (κ3) is 5.90. The van der Waals surface area contributed by atoms with E-state index < -0.39 is 0 Å². The molecule has 0 spiro atoms. The lowest BCUT2D eigenvalue weighted by atomic mass is 9.98. The van der Waals surface area contributed by atoms with Crippen molar-refractivity contribution in [2.24, 2.45) is 5.10 Å². The van der Waals surface area contributed by atoms with Gasteiger partial charge in [-0.1, -0.05) is 99.9 Å². The zero-order chi connectivity index (χ0) is 28.5. The highest BCUT2D eigenvalue weighted by Crippen LogP contribution is 2.36. The smallest absolute Gasteiger partial charge is 0.253 e. The van der Waals surface area contributed by atoms with Crippen molar-refractivity contribution in [3.8, 4) is 0 Å². The number of carbonyl (C=O) groups is 1. The van der Waals surface area contributed by atoms with Crippen molar-refractivity contribution in [2.45, 2.75) is 44.7 Å². The van der Waals surface area contributed by atoms with Crippen LogP contribution < -0.4 is 0 Å². The number of para-hydroxylation sites is 1. The molecule has 2 heterocycles. The van der Waals surface area contributed by atoms with Crippen molar-refractivity contribution in [1.29, 1.82) is 0 Å². The molecule has 206 valence electrons. The Morgan fingerprint density at radius 1 is 0.927 bits per heavy atom. The number of fused-ring (bicyclic) bond motifs is 1. The Morgan fingerprint density at radius 3 is 2.44 bits per heavy atom. The van der Waals surface area contributed by atoms with Crippen LogP contribution in [-0.2, 0) is 11.3 Å². The highest BCUT2D eigenvalue weighted by molar-refractivity contribution is 9.10. The van der Waals surface area contributed by atoms with Crippen molar-refractivity contribution in [1.82, 2.24) is 9.58 Å². The van der Waals surface area contributed by atoms with Crippen LogP contribution in [-0.4, -0.2) is 26.9 Å². The van der Waals surface area contributed by atoms with E-state index in [0.717, 1.165) is 32.8 Å². The minimum Gasteiger partial charge on any atom is -0.342 e. The van der Waals surface area contributed by atoms with Crippen LogP contribution in [0.4, 0.5) is 0 Å². The fourth-order valence-corrected chi connectivity index (χ4v) is 6.63. The summed E-state index contributed by atoms with van der Waals surface area (Å²) in [6, 6.07) is 31.6. The van der Waals surface area contributed by atoms with Gasteiger partial charge in [0.05, 0.1) is 17.5 Å². The van der Waals surface area contributed by atoms with Crippen LogP contribution in [0.1, 0.15) is 45.8 Å². The molecule has 41 heavy (non-hydrogen) atoms. The lowest BCUT2D eigenvalue weighted by Crippen LogP contribution is -2.28. The lowest BCUT2D eigenvalue weighted by Gasteiger charge is -2.22. The summed E-state index contributed by atoms with van der Waals surface area (Å²) in [6.07, 6.45) is 2.89. The van der Waals surface area contributed by atoms with Crippen molar-refractivity contribution in [3.63, 3.8) is 0 Å². The Bertz CT molecular complexity index is 1760. The molecule has 4 nitrogen and oxygen atoms in total. The molecule has 0 aliphatic carbocycles. The first-order valence-corrected chi connectivity index (χ1v) is 15.6. The first kappa shape index (κ1) is 27.6. The van der Waals surface area contributed by atoms with Crippen molar-refractivity contribution < 1.29 is 4.79 Å². The molecule has 4 aromatic carbocycles. The molecule has 1 aliphatic heterocycles. The number of hydrazone groups is 1. The summed E-state index contributed by atoms with van der Waals surface area (Å²) < 4.78 is 3.33. The quantitative estimate of drug-likeness (QED) is 0.170. The van der Waals surface area contributed by atoms with E-state index in [0.29, 0.717) is 12.2 Å². The molecule has 0 unspecified atom stereocenters. The molecule has 5 aromatic rings. The Balaban J connectivity index is 1.26. The van der Waals surface area contributed by atoms with Crippen LogP contribution in [0.5, 0.6) is 0 Å². The summed E-state index contributed by atoms with van der Waals surface area (Å²) >= 11 is 5.12. The average molecular weight is 623 g/mol. The monoisotopic (exact) mass is 621 g/mol. The van der Waals surface area contributed by atoms with Gasteiger partial charge in [-0.3, -0.25) is 4.79 Å². The van der Waals surface area contributed by atoms with Gasteiger partial charge < -0.3 is 4.57 Å². The number of rotatable bonds is 7. The minimum absolute atomic E-state index is 0.0130. The molecule has 0 saturated heterocycles. The number of thioether (sulfide) groups is 1. The number of aromatic nitrogens is 1. The number of nitrogens with zero attached hydrogens (tertiary/aromatic N) is 3. The van der Waals surface area contributed by atoms with E-state index in [2.05, 4.69) is 126 Å². The number of benzene rings is 4. The molecular formula is C35H32BrN3OS. The van der Waals surface area contributed by atoms with Crippen LogP contribution >= 0.6 is 27.7 Å². The van der Waals surface area contributed by atoms with Crippen LogP contribution in [0.3, 0.4) is 0 Å². The van der Waals surface area contributed by atoms with Gasteiger partial charge in [-0.15, -0.1) is 11.8 Å². The molecule has 0 bridgehead atoms. The summed E-state index contributed by atoms with van der Waals surface area (Å²) in [4.78, 5) is 14.9. The van der Waals surface area contributed by atoms with E-state index >= 15 is 0 Å². The second-order valence-corrected chi connectivity index (χ2v) is 12.7. The average Bonchev–Trinajstić information content (AvgIpc) is 3.57. The summed E-state index contributed by atoms with van der Waals surface area (Å²) in [7, 11) is 0. The molecule has 1 amide bonds. The maximum Gasteiger partial charge on any atom is 0.253 e. The molecular weight excluding hydrogens is 590 g/mol.